The number of carboxylic acids is 1. The Bertz CT molecular complexity index is 560. The second-order valence-corrected chi connectivity index (χ2v) is 5.68. The zero-order chi connectivity index (χ0) is 17.5. The quantitative estimate of drug-likeness (QED) is 0.777. The van der Waals surface area contributed by atoms with Gasteiger partial charge in [0.05, 0.1) is 27.2 Å². The van der Waals surface area contributed by atoms with Crippen LogP contribution in [0.15, 0.2) is 18.2 Å². The summed E-state index contributed by atoms with van der Waals surface area (Å²) in [7, 11) is 3.02. The Hall–Kier alpha value is -2.28. The van der Waals surface area contributed by atoms with E-state index in [2.05, 4.69) is 5.32 Å². The average molecular weight is 337 g/mol. The van der Waals surface area contributed by atoms with Crippen molar-refractivity contribution in [1.82, 2.24) is 5.32 Å². The summed E-state index contributed by atoms with van der Waals surface area (Å²) in [4.78, 5) is 23.9. The Kier molecular flexibility index (Phi) is 6.43. The van der Waals surface area contributed by atoms with Crippen molar-refractivity contribution in [2.45, 2.75) is 25.3 Å². The van der Waals surface area contributed by atoms with E-state index in [1.54, 1.807) is 18.2 Å². The van der Waals surface area contributed by atoms with Crippen LogP contribution >= 0.6 is 0 Å². The molecule has 0 radical (unpaired) electrons. The van der Waals surface area contributed by atoms with Gasteiger partial charge in [0.2, 0.25) is 5.91 Å². The number of ether oxygens (including phenoxy) is 3. The van der Waals surface area contributed by atoms with E-state index in [1.807, 2.05) is 0 Å². The molecule has 24 heavy (non-hydrogen) atoms. The van der Waals surface area contributed by atoms with Gasteiger partial charge in [-0.05, 0) is 25.0 Å². The molecule has 0 saturated carbocycles. The summed E-state index contributed by atoms with van der Waals surface area (Å²) in [6.45, 7) is 0.977. The van der Waals surface area contributed by atoms with Crippen molar-refractivity contribution in [3.8, 4) is 11.5 Å². The summed E-state index contributed by atoms with van der Waals surface area (Å²) in [6, 6.07) is 4.26. The molecule has 1 heterocycles. The first-order valence-corrected chi connectivity index (χ1v) is 7.86. The van der Waals surface area contributed by atoms with Gasteiger partial charge in [0.15, 0.2) is 0 Å². The molecule has 1 aromatic carbocycles. The van der Waals surface area contributed by atoms with Crippen LogP contribution in [0.1, 0.15) is 18.4 Å². The standard InChI is InChI=1S/C17H23NO6/c1-22-13-6-3-7-14(23-2)12(13)9-15(19)18-16(17(20)21)11-5-4-8-24-10-11/h3,6-7,11,16H,4-5,8-10H2,1-2H3,(H,18,19)(H,20,21). The first-order valence-electron chi connectivity index (χ1n) is 7.86. The lowest BCUT2D eigenvalue weighted by Gasteiger charge is -2.28. The highest BCUT2D eigenvalue weighted by molar-refractivity contribution is 5.86. The molecule has 1 fully saturated rings. The smallest absolute Gasteiger partial charge is 0.326 e. The molecule has 2 rings (SSSR count). The van der Waals surface area contributed by atoms with E-state index >= 15 is 0 Å². The van der Waals surface area contributed by atoms with Gasteiger partial charge in [-0.1, -0.05) is 6.07 Å². The Morgan fingerprint density at radius 3 is 2.50 bits per heavy atom. The van der Waals surface area contributed by atoms with Gasteiger partial charge in [-0.15, -0.1) is 0 Å². The fourth-order valence-corrected chi connectivity index (χ4v) is 2.90. The molecule has 0 bridgehead atoms. The van der Waals surface area contributed by atoms with Crippen LogP contribution in [0.25, 0.3) is 0 Å². The van der Waals surface area contributed by atoms with Crippen molar-refractivity contribution < 1.29 is 28.9 Å². The van der Waals surface area contributed by atoms with Crippen LogP contribution in [-0.4, -0.2) is 50.5 Å². The van der Waals surface area contributed by atoms with Gasteiger partial charge >= 0.3 is 5.97 Å². The Morgan fingerprint density at radius 2 is 2.00 bits per heavy atom. The molecular weight excluding hydrogens is 314 g/mol. The van der Waals surface area contributed by atoms with E-state index in [4.69, 9.17) is 14.2 Å². The first kappa shape index (κ1) is 18.1. The fraction of sp³-hybridized carbons (Fsp3) is 0.529. The zero-order valence-corrected chi connectivity index (χ0v) is 13.9. The highest BCUT2D eigenvalue weighted by atomic mass is 16.5. The lowest BCUT2D eigenvalue weighted by atomic mass is 9.93. The number of hydrogen-bond acceptors (Lipinski definition) is 5. The summed E-state index contributed by atoms with van der Waals surface area (Å²) in [6.07, 6.45) is 1.49. The van der Waals surface area contributed by atoms with Crippen LogP contribution in [-0.2, 0) is 20.7 Å². The number of methoxy groups -OCH3 is 2. The van der Waals surface area contributed by atoms with E-state index in [-0.39, 0.29) is 12.3 Å². The topological polar surface area (TPSA) is 94.1 Å². The normalized spacial score (nSPS) is 18.5. The van der Waals surface area contributed by atoms with E-state index < -0.39 is 17.9 Å². The Morgan fingerprint density at radius 1 is 1.33 bits per heavy atom. The number of aliphatic carboxylic acids is 1. The second-order valence-electron chi connectivity index (χ2n) is 5.68. The van der Waals surface area contributed by atoms with Gasteiger partial charge in [0.1, 0.15) is 17.5 Å². The minimum Gasteiger partial charge on any atom is -0.496 e. The maximum Gasteiger partial charge on any atom is 0.326 e. The van der Waals surface area contributed by atoms with Crippen LogP contribution in [0.3, 0.4) is 0 Å². The van der Waals surface area contributed by atoms with E-state index in [0.29, 0.717) is 30.3 Å². The van der Waals surface area contributed by atoms with Gasteiger partial charge in [0, 0.05) is 18.1 Å². The Labute approximate surface area is 140 Å². The van der Waals surface area contributed by atoms with E-state index in [0.717, 1.165) is 12.8 Å². The minimum absolute atomic E-state index is 0.0233. The van der Waals surface area contributed by atoms with Crippen LogP contribution in [0.2, 0.25) is 0 Å². The number of nitrogens with one attached hydrogen (secondary N) is 1. The van der Waals surface area contributed by atoms with Crippen molar-refractivity contribution in [3.05, 3.63) is 23.8 Å². The van der Waals surface area contributed by atoms with Crippen LogP contribution in [0, 0.1) is 5.92 Å². The predicted octanol–water partition coefficient (Wildman–Crippen LogP) is 1.24. The molecule has 7 nitrogen and oxygen atoms in total. The molecule has 1 aromatic rings. The third-order valence-corrected chi connectivity index (χ3v) is 4.12. The largest absolute Gasteiger partial charge is 0.496 e. The SMILES string of the molecule is COc1cccc(OC)c1CC(=O)NC(C(=O)O)C1CCCOC1. The molecule has 2 unspecified atom stereocenters. The summed E-state index contributed by atoms with van der Waals surface area (Å²) >= 11 is 0. The number of carboxylic acid groups (broad SMARTS) is 1. The maximum absolute atomic E-state index is 12.4. The number of hydrogen-bond donors (Lipinski definition) is 2. The van der Waals surface area contributed by atoms with Crippen LogP contribution in [0.5, 0.6) is 11.5 Å². The average Bonchev–Trinajstić information content (AvgIpc) is 2.60. The third kappa shape index (κ3) is 4.38. The van der Waals surface area contributed by atoms with E-state index in [9.17, 15) is 14.7 Å². The van der Waals surface area contributed by atoms with Gasteiger partial charge < -0.3 is 24.6 Å². The lowest BCUT2D eigenvalue weighted by molar-refractivity contribution is -0.145. The zero-order valence-electron chi connectivity index (χ0n) is 13.9. The molecule has 2 atom stereocenters. The van der Waals surface area contributed by atoms with Gasteiger partial charge in [-0.2, -0.15) is 0 Å². The molecule has 2 N–H and O–H groups in total. The van der Waals surface area contributed by atoms with Crippen molar-refractivity contribution in [2.24, 2.45) is 5.92 Å². The summed E-state index contributed by atoms with van der Waals surface area (Å²) in [5.74, 6) is -0.615. The molecule has 0 aliphatic carbocycles. The molecular formula is C17H23NO6. The van der Waals surface area contributed by atoms with E-state index in [1.165, 1.54) is 14.2 Å². The lowest BCUT2D eigenvalue weighted by Crippen LogP contribution is -2.48. The molecule has 0 spiro atoms. The van der Waals surface area contributed by atoms with Gasteiger partial charge in [-0.3, -0.25) is 4.79 Å². The number of carbonyl (C=O) groups excluding carboxylic acids is 1. The molecule has 7 heteroatoms. The monoisotopic (exact) mass is 337 g/mol. The van der Waals surface area contributed by atoms with Crippen molar-refractivity contribution in [3.63, 3.8) is 0 Å². The number of rotatable bonds is 7. The second kappa shape index (κ2) is 8.54. The first-order chi connectivity index (χ1) is 11.6. The Balaban J connectivity index is 2.10. The predicted molar refractivity (Wildman–Crippen MR) is 86.4 cm³/mol. The minimum atomic E-state index is -1.05. The number of amides is 1. The van der Waals surface area contributed by atoms with Crippen molar-refractivity contribution >= 4 is 11.9 Å². The van der Waals surface area contributed by atoms with Gasteiger partial charge in [-0.25, -0.2) is 4.79 Å². The fourth-order valence-electron chi connectivity index (χ4n) is 2.90. The molecule has 1 amide bonds. The third-order valence-electron chi connectivity index (χ3n) is 4.12. The summed E-state index contributed by atoms with van der Waals surface area (Å²) in [5, 5.41) is 12.0. The van der Waals surface area contributed by atoms with Crippen LogP contribution < -0.4 is 14.8 Å². The highest BCUT2D eigenvalue weighted by Crippen LogP contribution is 2.28. The summed E-state index contributed by atoms with van der Waals surface area (Å²) < 4.78 is 15.9. The van der Waals surface area contributed by atoms with Gasteiger partial charge in [0.25, 0.3) is 0 Å². The van der Waals surface area contributed by atoms with Crippen molar-refractivity contribution in [1.29, 1.82) is 0 Å². The number of benzene rings is 1. The molecule has 1 aliphatic rings. The molecule has 1 saturated heterocycles. The highest BCUT2D eigenvalue weighted by Gasteiger charge is 2.31. The van der Waals surface area contributed by atoms with Crippen molar-refractivity contribution in [2.75, 3.05) is 27.4 Å². The molecule has 0 aromatic heterocycles. The van der Waals surface area contributed by atoms with Crippen LogP contribution in [0.4, 0.5) is 0 Å². The molecule has 132 valence electrons. The summed E-state index contributed by atoms with van der Waals surface area (Å²) in [5.41, 5.74) is 0.587. The molecule has 1 aliphatic heterocycles. The number of carbonyl (C=O) groups is 2. The maximum atomic E-state index is 12.4.